The summed E-state index contributed by atoms with van der Waals surface area (Å²) in [6, 6.07) is 8.78. The first-order valence-electron chi connectivity index (χ1n) is 6.52. The second-order valence-corrected chi connectivity index (χ2v) is 5.56. The molecule has 0 fully saturated rings. The summed E-state index contributed by atoms with van der Waals surface area (Å²) in [5.74, 6) is 0.873. The van der Waals surface area contributed by atoms with Gasteiger partial charge in [-0.25, -0.2) is 4.98 Å². The third-order valence-electron chi connectivity index (χ3n) is 2.88. The molecular formula is C14H20N4S. The lowest BCUT2D eigenvalue weighted by Crippen LogP contribution is -2.19. The Hall–Kier alpha value is -1.46. The molecule has 0 aliphatic heterocycles. The molecule has 1 heterocycles. The topological polar surface area (TPSA) is 63.8 Å². The predicted octanol–water partition coefficient (Wildman–Crippen LogP) is 2.59. The second kappa shape index (κ2) is 6.63. The van der Waals surface area contributed by atoms with Gasteiger partial charge in [-0.15, -0.1) is 0 Å². The van der Waals surface area contributed by atoms with Crippen LogP contribution in [0.5, 0.6) is 0 Å². The predicted molar refractivity (Wildman–Crippen MR) is 80.7 cm³/mol. The molecule has 1 unspecified atom stereocenters. The maximum atomic E-state index is 5.53. The van der Waals surface area contributed by atoms with E-state index in [1.807, 2.05) is 0 Å². The van der Waals surface area contributed by atoms with Crippen LogP contribution in [0.4, 0.5) is 5.13 Å². The summed E-state index contributed by atoms with van der Waals surface area (Å²) in [5.41, 5.74) is 8.05. The van der Waals surface area contributed by atoms with Crippen LogP contribution in [0.15, 0.2) is 24.3 Å². The summed E-state index contributed by atoms with van der Waals surface area (Å²) in [6.45, 7) is 4.89. The van der Waals surface area contributed by atoms with Crippen LogP contribution in [0.1, 0.15) is 30.3 Å². The quantitative estimate of drug-likeness (QED) is 0.851. The number of nitrogens with zero attached hydrogens (tertiary/aromatic N) is 2. The van der Waals surface area contributed by atoms with Crippen LogP contribution in [0.3, 0.4) is 0 Å². The fourth-order valence-corrected chi connectivity index (χ4v) is 2.62. The molecule has 0 saturated carbocycles. The molecule has 2 rings (SSSR count). The molecule has 3 N–H and O–H groups in total. The summed E-state index contributed by atoms with van der Waals surface area (Å²) >= 11 is 1.41. The first-order valence-corrected chi connectivity index (χ1v) is 7.29. The second-order valence-electron chi connectivity index (χ2n) is 4.80. The van der Waals surface area contributed by atoms with Crippen LogP contribution in [-0.4, -0.2) is 21.9 Å². The number of nitrogens with two attached hydrogens (primary N) is 1. The molecule has 0 aliphatic carbocycles. The molecule has 0 bridgehead atoms. The zero-order valence-corrected chi connectivity index (χ0v) is 12.2. The van der Waals surface area contributed by atoms with Gasteiger partial charge >= 0.3 is 0 Å². The number of aromatic nitrogens is 2. The third kappa shape index (κ3) is 4.29. The first kappa shape index (κ1) is 14.0. The minimum Gasteiger partial charge on any atom is -0.358 e. The highest BCUT2D eigenvalue weighted by Crippen LogP contribution is 2.16. The fraction of sp³-hybridized carbons (Fsp3) is 0.429. The van der Waals surface area contributed by atoms with Crippen molar-refractivity contribution in [3.8, 4) is 0 Å². The van der Waals surface area contributed by atoms with Crippen molar-refractivity contribution in [1.29, 1.82) is 0 Å². The molecule has 2 aromatic rings. The van der Waals surface area contributed by atoms with Crippen LogP contribution in [0.25, 0.3) is 0 Å². The van der Waals surface area contributed by atoms with Crippen LogP contribution in [-0.2, 0) is 6.42 Å². The molecule has 5 heteroatoms. The van der Waals surface area contributed by atoms with Crippen LogP contribution < -0.4 is 11.1 Å². The van der Waals surface area contributed by atoms with Gasteiger partial charge in [0.15, 0.2) is 0 Å². The van der Waals surface area contributed by atoms with E-state index in [1.54, 1.807) is 0 Å². The van der Waals surface area contributed by atoms with Crippen LogP contribution >= 0.6 is 11.5 Å². The molecule has 102 valence electrons. The molecule has 0 amide bonds. The summed E-state index contributed by atoms with van der Waals surface area (Å²) in [7, 11) is 0. The molecule has 1 atom stereocenters. The molecule has 0 spiro atoms. The van der Waals surface area contributed by atoms with E-state index in [0.29, 0.717) is 12.6 Å². The summed E-state index contributed by atoms with van der Waals surface area (Å²) in [6.07, 6.45) is 1.72. The number of hydrogen-bond acceptors (Lipinski definition) is 5. The molecule has 1 aromatic heterocycles. The van der Waals surface area contributed by atoms with E-state index in [4.69, 9.17) is 5.73 Å². The van der Waals surface area contributed by atoms with E-state index in [9.17, 15) is 0 Å². The van der Waals surface area contributed by atoms with Crippen molar-refractivity contribution < 1.29 is 0 Å². The largest absolute Gasteiger partial charge is 0.358 e. The highest BCUT2D eigenvalue weighted by Gasteiger charge is 2.07. The Morgan fingerprint density at radius 3 is 3.00 bits per heavy atom. The van der Waals surface area contributed by atoms with E-state index >= 15 is 0 Å². The number of aryl methyl sites for hydroxylation is 1. The van der Waals surface area contributed by atoms with Gasteiger partial charge in [0, 0.05) is 24.0 Å². The molecular weight excluding hydrogens is 256 g/mol. The molecule has 1 aromatic carbocycles. The van der Waals surface area contributed by atoms with E-state index < -0.39 is 0 Å². The Bertz CT molecular complexity index is 524. The summed E-state index contributed by atoms with van der Waals surface area (Å²) in [4.78, 5) is 4.51. The van der Waals surface area contributed by atoms with Crippen molar-refractivity contribution in [1.82, 2.24) is 9.36 Å². The first-order chi connectivity index (χ1) is 9.17. The van der Waals surface area contributed by atoms with Gasteiger partial charge in [-0.2, -0.15) is 4.37 Å². The third-order valence-corrected chi connectivity index (χ3v) is 3.57. The lowest BCUT2D eigenvalue weighted by Gasteiger charge is -2.09. The van der Waals surface area contributed by atoms with Gasteiger partial charge in [0.2, 0.25) is 5.13 Å². The van der Waals surface area contributed by atoms with Crippen LogP contribution in [0, 0.1) is 6.92 Å². The number of benzene rings is 1. The van der Waals surface area contributed by atoms with E-state index in [-0.39, 0.29) is 0 Å². The molecule has 0 aliphatic rings. The zero-order chi connectivity index (χ0) is 13.7. The van der Waals surface area contributed by atoms with Crippen LogP contribution in [0.2, 0.25) is 0 Å². The molecule has 0 radical (unpaired) electrons. The standard InChI is InChI=1S/C14H20N4S/c1-10-4-3-5-12(8-10)9-13-17-14(19-18-13)16-11(2)6-7-15/h3-5,8,11H,6-7,9,15H2,1-2H3,(H,16,17,18). The number of rotatable bonds is 6. The number of hydrogen-bond donors (Lipinski definition) is 2. The van der Waals surface area contributed by atoms with Gasteiger partial charge in [0.05, 0.1) is 0 Å². The van der Waals surface area contributed by atoms with Gasteiger partial charge < -0.3 is 11.1 Å². The number of nitrogens with one attached hydrogen (secondary N) is 1. The van der Waals surface area contributed by atoms with Gasteiger partial charge in [-0.3, -0.25) is 0 Å². The minimum absolute atomic E-state index is 0.338. The van der Waals surface area contributed by atoms with E-state index in [1.165, 1.54) is 22.7 Å². The molecule has 4 nitrogen and oxygen atoms in total. The van der Waals surface area contributed by atoms with Gasteiger partial charge in [0.25, 0.3) is 0 Å². The molecule has 19 heavy (non-hydrogen) atoms. The average Bonchev–Trinajstić information content (AvgIpc) is 2.76. The van der Waals surface area contributed by atoms with E-state index in [2.05, 4.69) is 52.8 Å². The van der Waals surface area contributed by atoms with Crippen molar-refractivity contribution in [2.75, 3.05) is 11.9 Å². The average molecular weight is 276 g/mol. The Kier molecular flexibility index (Phi) is 4.87. The van der Waals surface area contributed by atoms with Crippen molar-refractivity contribution in [3.05, 3.63) is 41.2 Å². The molecule has 0 saturated heterocycles. The van der Waals surface area contributed by atoms with Gasteiger partial charge in [0.1, 0.15) is 5.82 Å². The Balaban J connectivity index is 1.97. The maximum Gasteiger partial charge on any atom is 0.202 e. The zero-order valence-electron chi connectivity index (χ0n) is 11.4. The summed E-state index contributed by atoms with van der Waals surface area (Å²) < 4.78 is 4.39. The SMILES string of the molecule is Cc1cccc(Cc2nsc(NC(C)CCN)n2)c1. The fourth-order valence-electron chi connectivity index (χ4n) is 1.92. The number of anilines is 1. The highest BCUT2D eigenvalue weighted by molar-refractivity contribution is 7.09. The monoisotopic (exact) mass is 276 g/mol. The maximum absolute atomic E-state index is 5.53. The van der Waals surface area contributed by atoms with Gasteiger partial charge in [-0.05, 0) is 32.4 Å². The minimum atomic E-state index is 0.338. The smallest absolute Gasteiger partial charge is 0.202 e. The Morgan fingerprint density at radius 2 is 2.26 bits per heavy atom. The lowest BCUT2D eigenvalue weighted by molar-refractivity contribution is 0.715. The van der Waals surface area contributed by atoms with Crippen molar-refractivity contribution in [2.24, 2.45) is 5.73 Å². The van der Waals surface area contributed by atoms with Crippen molar-refractivity contribution in [2.45, 2.75) is 32.7 Å². The van der Waals surface area contributed by atoms with Crippen molar-refractivity contribution >= 4 is 16.7 Å². The lowest BCUT2D eigenvalue weighted by atomic mass is 10.1. The normalized spacial score (nSPS) is 12.4. The van der Waals surface area contributed by atoms with E-state index in [0.717, 1.165) is 23.8 Å². The van der Waals surface area contributed by atoms with Gasteiger partial charge in [-0.1, -0.05) is 29.8 Å². The Labute approximate surface area is 118 Å². The summed E-state index contributed by atoms with van der Waals surface area (Å²) in [5, 5.41) is 4.20. The highest BCUT2D eigenvalue weighted by atomic mass is 32.1. The van der Waals surface area contributed by atoms with Crippen molar-refractivity contribution in [3.63, 3.8) is 0 Å². The Morgan fingerprint density at radius 1 is 1.42 bits per heavy atom.